The second kappa shape index (κ2) is 8.80. The smallest absolute Gasteiger partial charge is 0.317 e. The van der Waals surface area contributed by atoms with Crippen molar-refractivity contribution in [2.24, 2.45) is 0 Å². The molecule has 1 fully saturated rings. The highest BCUT2D eigenvalue weighted by atomic mass is 19.1. The molecule has 138 valence electrons. The fourth-order valence-electron chi connectivity index (χ4n) is 3.13. The Balaban J connectivity index is 1.90. The van der Waals surface area contributed by atoms with Crippen molar-refractivity contribution in [2.75, 3.05) is 26.7 Å². The van der Waals surface area contributed by atoms with Gasteiger partial charge in [-0.1, -0.05) is 6.07 Å². The van der Waals surface area contributed by atoms with E-state index in [9.17, 15) is 14.0 Å². The number of likely N-dealkylation sites (tertiary alicyclic amines) is 1. The predicted octanol–water partition coefficient (Wildman–Crippen LogP) is 1.99. The summed E-state index contributed by atoms with van der Waals surface area (Å²) in [6, 6.07) is 5.88. The van der Waals surface area contributed by atoms with Crippen LogP contribution in [0.3, 0.4) is 0 Å². The van der Waals surface area contributed by atoms with Gasteiger partial charge in [-0.25, -0.2) is 4.39 Å². The fourth-order valence-corrected chi connectivity index (χ4v) is 3.13. The van der Waals surface area contributed by atoms with E-state index >= 15 is 0 Å². The number of carbonyl (C=O) groups excluding carboxylic acids is 1. The molecule has 1 aromatic rings. The zero-order chi connectivity index (χ0) is 18.4. The molecule has 0 aromatic heterocycles. The zero-order valence-electron chi connectivity index (χ0n) is 14.7. The number of likely N-dealkylation sites (N-methyl/N-ethyl adjacent to an activating group) is 1. The van der Waals surface area contributed by atoms with Crippen LogP contribution < -0.4 is 4.74 Å². The number of aliphatic carboxylic acids is 1. The summed E-state index contributed by atoms with van der Waals surface area (Å²) in [5.74, 6) is -1.06. The molecular weight excluding hydrogens is 327 g/mol. The number of nitrogens with zero attached hydrogens (tertiary/aromatic N) is 2. The van der Waals surface area contributed by atoms with Gasteiger partial charge in [0.15, 0.2) is 6.10 Å². The van der Waals surface area contributed by atoms with Crippen LogP contribution in [0.25, 0.3) is 0 Å². The third kappa shape index (κ3) is 5.70. The minimum absolute atomic E-state index is 0.00228. The van der Waals surface area contributed by atoms with Gasteiger partial charge in [-0.3, -0.25) is 14.5 Å². The maximum atomic E-state index is 13.2. The van der Waals surface area contributed by atoms with E-state index < -0.39 is 17.9 Å². The van der Waals surface area contributed by atoms with Crippen LogP contribution in [0, 0.1) is 5.82 Å². The number of benzene rings is 1. The Morgan fingerprint density at radius 3 is 2.84 bits per heavy atom. The van der Waals surface area contributed by atoms with Gasteiger partial charge in [-0.05, 0) is 45.4 Å². The molecule has 0 saturated carbocycles. The molecule has 0 bridgehead atoms. The van der Waals surface area contributed by atoms with Gasteiger partial charge in [0, 0.05) is 25.2 Å². The molecular formula is C18H25FN2O4. The molecule has 1 amide bonds. The first-order valence-electron chi connectivity index (χ1n) is 8.50. The molecule has 1 saturated heterocycles. The molecule has 25 heavy (non-hydrogen) atoms. The molecule has 2 atom stereocenters. The van der Waals surface area contributed by atoms with Crippen molar-refractivity contribution in [2.45, 2.75) is 38.3 Å². The lowest BCUT2D eigenvalue weighted by molar-refractivity contribution is -0.139. The average molecular weight is 352 g/mol. The largest absolute Gasteiger partial charge is 0.481 e. The number of carboxylic acids is 1. The van der Waals surface area contributed by atoms with Gasteiger partial charge in [-0.2, -0.15) is 0 Å². The number of ether oxygens (including phenoxy) is 1. The minimum Gasteiger partial charge on any atom is -0.481 e. The van der Waals surface area contributed by atoms with Gasteiger partial charge in [0.05, 0.1) is 6.54 Å². The molecule has 0 spiro atoms. The molecule has 1 N–H and O–H groups in total. The number of hydrogen-bond acceptors (Lipinski definition) is 4. The summed E-state index contributed by atoms with van der Waals surface area (Å²) in [7, 11) is 1.80. The summed E-state index contributed by atoms with van der Waals surface area (Å²) in [6.45, 7) is 2.83. The van der Waals surface area contributed by atoms with E-state index in [0.717, 1.165) is 19.3 Å². The van der Waals surface area contributed by atoms with Gasteiger partial charge in [0.25, 0.3) is 5.91 Å². The highest BCUT2D eigenvalue weighted by molar-refractivity contribution is 5.81. The van der Waals surface area contributed by atoms with Crippen molar-refractivity contribution in [1.29, 1.82) is 0 Å². The lowest BCUT2D eigenvalue weighted by Crippen LogP contribution is -2.42. The highest BCUT2D eigenvalue weighted by Gasteiger charge is 2.27. The first-order valence-corrected chi connectivity index (χ1v) is 8.50. The molecule has 0 radical (unpaired) electrons. The van der Waals surface area contributed by atoms with E-state index in [-0.39, 0.29) is 18.5 Å². The number of rotatable bonds is 6. The normalized spacial score (nSPS) is 19.4. The Morgan fingerprint density at radius 2 is 2.16 bits per heavy atom. The zero-order valence-corrected chi connectivity index (χ0v) is 14.7. The molecule has 6 nitrogen and oxygen atoms in total. The van der Waals surface area contributed by atoms with Gasteiger partial charge in [0.2, 0.25) is 0 Å². The standard InChI is InChI=1S/C18H25FN2O4/c1-13(25-16-7-3-5-14(19)11-16)18(24)21-9-4-6-15(8-10-21)20(2)12-17(22)23/h3,5,7,11,13,15H,4,6,8-10,12H2,1-2H3,(H,22,23)/t13-,15+/m1/s1. The van der Waals surface area contributed by atoms with Crippen LogP contribution in [0.2, 0.25) is 0 Å². The molecule has 1 heterocycles. The van der Waals surface area contributed by atoms with Crippen molar-refractivity contribution >= 4 is 11.9 Å². The predicted molar refractivity (Wildman–Crippen MR) is 91.0 cm³/mol. The summed E-state index contributed by atoms with van der Waals surface area (Å²) in [4.78, 5) is 27.0. The van der Waals surface area contributed by atoms with E-state index in [1.54, 1.807) is 24.9 Å². The molecule has 1 aliphatic heterocycles. The Hall–Kier alpha value is -2.15. The minimum atomic E-state index is -0.850. The van der Waals surface area contributed by atoms with Crippen LogP contribution in [0.4, 0.5) is 4.39 Å². The monoisotopic (exact) mass is 352 g/mol. The summed E-state index contributed by atoms with van der Waals surface area (Å²) >= 11 is 0. The Labute approximate surface area is 147 Å². The fraction of sp³-hybridized carbons (Fsp3) is 0.556. The Kier molecular flexibility index (Phi) is 6.75. The number of carboxylic acid groups (broad SMARTS) is 1. The lowest BCUT2D eigenvalue weighted by Gasteiger charge is -2.26. The van der Waals surface area contributed by atoms with Gasteiger partial charge >= 0.3 is 5.97 Å². The van der Waals surface area contributed by atoms with Crippen molar-refractivity contribution in [3.8, 4) is 5.75 Å². The van der Waals surface area contributed by atoms with E-state index in [2.05, 4.69) is 0 Å². The first kappa shape index (κ1) is 19.2. The second-order valence-electron chi connectivity index (χ2n) is 6.44. The number of amides is 1. The van der Waals surface area contributed by atoms with Crippen LogP contribution in [-0.2, 0) is 9.59 Å². The van der Waals surface area contributed by atoms with E-state index in [4.69, 9.17) is 9.84 Å². The molecule has 0 unspecified atom stereocenters. The molecule has 0 aliphatic carbocycles. The molecule has 2 rings (SSSR count). The van der Waals surface area contributed by atoms with E-state index in [1.807, 2.05) is 4.90 Å². The SMILES string of the molecule is C[C@@H](Oc1cccc(F)c1)C(=O)N1CCC[C@H](N(C)CC(=O)O)CC1. The highest BCUT2D eigenvalue weighted by Crippen LogP contribution is 2.18. The van der Waals surface area contributed by atoms with E-state index in [0.29, 0.717) is 18.8 Å². The van der Waals surface area contributed by atoms with Crippen molar-refractivity contribution < 1.29 is 23.8 Å². The quantitative estimate of drug-likeness (QED) is 0.848. The maximum Gasteiger partial charge on any atom is 0.317 e. The topological polar surface area (TPSA) is 70.1 Å². The van der Waals surface area contributed by atoms with Crippen molar-refractivity contribution in [3.63, 3.8) is 0 Å². The van der Waals surface area contributed by atoms with Crippen LogP contribution in [0.15, 0.2) is 24.3 Å². The molecule has 1 aromatic carbocycles. The van der Waals surface area contributed by atoms with Crippen LogP contribution in [0.5, 0.6) is 5.75 Å². The van der Waals surface area contributed by atoms with Gasteiger partial charge in [-0.15, -0.1) is 0 Å². The lowest BCUT2D eigenvalue weighted by atomic mass is 10.1. The van der Waals surface area contributed by atoms with Crippen molar-refractivity contribution in [1.82, 2.24) is 9.80 Å². The van der Waals surface area contributed by atoms with Gasteiger partial charge in [0.1, 0.15) is 11.6 Å². The third-order valence-corrected chi connectivity index (χ3v) is 4.47. The summed E-state index contributed by atoms with van der Waals surface area (Å²) in [5.41, 5.74) is 0. The first-order chi connectivity index (χ1) is 11.9. The second-order valence-corrected chi connectivity index (χ2v) is 6.44. The number of hydrogen-bond donors (Lipinski definition) is 1. The van der Waals surface area contributed by atoms with E-state index in [1.165, 1.54) is 18.2 Å². The Morgan fingerprint density at radius 1 is 1.40 bits per heavy atom. The average Bonchev–Trinajstić information content (AvgIpc) is 2.79. The van der Waals surface area contributed by atoms with Crippen LogP contribution >= 0.6 is 0 Å². The Bertz CT molecular complexity index is 610. The van der Waals surface area contributed by atoms with Gasteiger partial charge < -0.3 is 14.7 Å². The maximum absolute atomic E-state index is 13.2. The van der Waals surface area contributed by atoms with Crippen molar-refractivity contribution in [3.05, 3.63) is 30.1 Å². The molecule has 1 aliphatic rings. The summed E-state index contributed by atoms with van der Waals surface area (Å²) < 4.78 is 18.8. The summed E-state index contributed by atoms with van der Waals surface area (Å²) in [6.07, 6.45) is 1.69. The number of carbonyl (C=O) groups is 2. The molecule has 7 heteroatoms. The van der Waals surface area contributed by atoms with Crippen LogP contribution in [-0.4, -0.2) is 65.6 Å². The summed E-state index contributed by atoms with van der Waals surface area (Å²) in [5, 5.41) is 8.91. The third-order valence-electron chi connectivity index (χ3n) is 4.47. The number of halogens is 1. The van der Waals surface area contributed by atoms with Crippen LogP contribution in [0.1, 0.15) is 26.2 Å².